The van der Waals surface area contributed by atoms with Crippen LogP contribution in [0.3, 0.4) is 0 Å². The molecule has 2 aliphatic carbocycles. The minimum absolute atomic E-state index is 0.176. The number of fused-ring (bicyclic) bond motifs is 1. The molecule has 2 aliphatic rings. The van der Waals surface area contributed by atoms with Gasteiger partial charge in [0.2, 0.25) is 0 Å². The predicted molar refractivity (Wildman–Crippen MR) is 73.2 cm³/mol. The smallest absolute Gasteiger partial charge is 0.271 e. The molecule has 0 bridgehead atoms. The Morgan fingerprint density at radius 1 is 1.37 bits per heavy atom. The molecule has 2 atom stereocenters. The summed E-state index contributed by atoms with van der Waals surface area (Å²) in [5.74, 6) is 1.74. The van der Waals surface area contributed by atoms with Gasteiger partial charge >= 0.3 is 0 Å². The van der Waals surface area contributed by atoms with Crippen LogP contribution in [0.4, 0.5) is 0 Å². The van der Waals surface area contributed by atoms with Crippen molar-refractivity contribution in [3.8, 4) is 5.75 Å². The number of amides is 1. The number of hydrogen-bond acceptors (Lipinski definition) is 3. The second-order valence-corrected chi connectivity index (χ2v) is 4.91. The summed E-state index contributed by atoms with van der Waals surface area (Å²) in [4.78, 5) is 11.9. The molecule has 0 aliphatic heterocycles. The molecule has 98 valence electrons. The van der Waals surface area contributed by atoms with Crippen molar-refractivity contribution < 1.29 is 9.53 Å². The van der Waals surface area contributed by atoms with Gasteiger partial charge in [0.25, 0.3) is 5.91 Å². The minimum Gasteiger partial charge on any atom is -0.497 e. The van der Waals surface area contributed by atoms with Crippen molar-refractivity contribution in [3.05, 3.63) is 42.0 Å². The first kappa shape index (κ1) is 12.0. The zero-order valence-electron chi connectivity index (χ0n) is 10.8. The third kappa shape index (κ3) is 2.26. The lowest BCUT2D eigenvalue weighted by Gasteiger charge is -2.31. The Hall–Kier alpha value is -2.10. The molecule has 0 heterocycles. The fraction of sp³-hybridized carbons (Fsp3) is 0.333. The summed E-state index contributed by atoms with van der Waals surface area (Å²) < 4.78 is 5.05. The van der Waals surface area contributed by atoms with Crippen molar-refractivity contribution in [3.63, 3.8) is 0 Å². The maximum atomic E-state index is 11.9. The van der Waals surface area contributed by atoms with Gasteiger partial charge in [-0.3, -0.25) is 4.79 Å². The number of ether oxygens (including phenoxy) is 1. The standard InChI is InChI=1S/C15H16N2O2/c1-19-12-7-5-10(6-8-12)15(18)17-16-14-9-11-3-2-4-13(11)14/h2-3,5-8,11,13H,4,9H2,1H3,(H,17,18)/b16-14-/t11-,13+/m1/s1. The Balaban J connectivity index is 1.60. The van der Waals surface area contributed by atoms with Crippen molar-refractivity contribution in [1.82, 2.24) is 5.43 Å². The number of nitrogens with one attached hydrogen (secondary N) is 1. The van der Waals surface area contributed by atoms with E-state index in [-0.39, 0.29) is 5.91 Å². The number of methoxy groups -OCH3 is 1. The van der Waals surface area contributed by atoms with Crippen LogP contribution in [0.25, 0.3) is 0 Å². The van der Waals surface area contributed by atoms with Gasteiger partial charge in [-0.15, -0.1) is 0 Å². The number of hydrazone groups is 1. The van der Waals surface area contributed by atoms with E-state index in [2.05, 4.69) is 22.7 Å². The van der Waals surface area contributed by atoms with E-state index in [4.69, 9.17) is 4.74 Å². The molecule has 0 radical (unpaired) electrons. The summed E-state index contributed by atoms with van der Waals surface area (Å²) in [7, 11) is 1.60. The average molecular weight is 256 g/mol. The van der Waals surface area contributed by atoms with E-state index >= 15 is 0 Å². The molecule has 0 aromatic heterocycles. The molecule has 1 amide bonds. The summed E-state index contributed by atoms with van der Waals surface area (Å²) in [6, 6.07) is 6.99. The molecule has 1 N–H and O–H groups in total. The van der Waals surface area contributed by atoms with Gasteiger partial charge in [-0.2, -0.15) is 5.10 Å². The van der Waals surface area contributed by atoms with E-state index in [1.165, 1.54) is 0 Å². The van der Waals surface area contributed by atoms with Gasteiger partial charge in [-0.25, -0.2) is 5.43 Å². The van der Waals surface area contributed by atoms with Crippen molar-refractivity contribution in [2.75, 3.05) is 7.11 Å². The summed E-state index contributed by atoms with van der Waals surface area (Å²) in [6.45, 7) is 0. The number of benzene rings is 1. The lowest BCUT2D eigenvalue weighted by Crippen LogP contribution is -2.35. The van der Waals surface area contributed by atoms with E-state index in [1.807, 2.05) is 0 Å². The topological polar surface area (TPSA) is 50.7 Å². The first-order valence-corrected chi connectivity index (χ1v) is 6.45. The quantitative estimate of drug-likeness (QED) is 0.666. The number of carbonyl (C=O) groups is 1. The van der Waals surface area contributed by atoms with Crippen LogP contribution >= 0.6 is 0 Å². The number of allylic oxidation sites excluding steroid dienone is 2. The summed E-state index contributed by atoms with van der Waals surface area (Å²) >= 11 is 0. The van der Waals surface area contributed by atoms with Crippen LogP contribution in [0.1, 0.15) is 23.2 Å². The lowest BCUT2D eigenvalue weighted by molar-refractivity contribution is 0.0954. The number of hydrogen-bond donors (Lipinski definition) is 1. The molecule has 0 spiro atoms. The van der Waals surface area contributed by atoms with Crippen LogP contribution in [-0.2, 0) is 0 Å². The minimum atomic E-state index is -0.176. The molecule has 19 heavy (non-hydrogen) atoms. The average Bonchev–Trinajstić information content (AvgIpc) is 2.80. The Morgan fingerprint density at radius 3 is 2.84 bits per heavy atom. The molecular formula is C15H16N2O2. The SMILES string of the molecule is COc1ccc(C(=O)N/N=C2/C[C@H]3C=CC[C@H]23)cc1. The molecule has 0 unspecified atom stereocenters. The van der Waals surface area contributed by atoms with Crippen LogP contribution < -0.4 is 10.2 Å². The monoisotopic (exact) mass is 256 g/mol. The Labute approximate surface area is 112 Å². The van der Waals surface area contributed by atoms with E-state index in [9.17, 15) is 4.79 Å². The van der Waals surface area contributed by atoms with E-state index in [1.54, 1.807) is 31.4 Å². The number of rotatable bonds is 3. The van der Waals surface area contributed by atoms with Gasteiger partial charge in [0, 0.05) is 17.2 Å². The lowest BCUT2D eigenvalue weighted by atomic mass is 9.74. The van der Waals surface area contributed by atoms with Crippen LogP contribution in [-0.4, -0.2) is 18.7 Å². The first-order valence-electron chi connectivity index (χ1n) is 6.45. The summed E-state index contributed by atoms with van der Waals surface area (Å²) in [5.41, 5.74) is 4.33. The third-order valence-corrected chi connectivity index (χ3v) is 3.82. The fourth-order valence-corrected chi connectivity index (χ4v) is 2.59. The van der Waals surface area contributed by atoms with Crippen molar-refractivity contribution in [1.29, 1.82) is 0 Å². The summed E-state index contributed by atoms with van der Waals surface area (Å²) in [5, 5.41) is 4.24. The first-order chi connectivity index (χ1) is 9.28. The van der Waals surface area contributed by atoms with E-state index < -0.39 is 0 Å². The van der Waals surface area contributed by atoms with Crippen molar-refractivity contribution in [2.24, 2.45) is 16.9 Å². The van der Waals surface area contributed by atoms with Crippen LogP contribution in [0.15, 0.2) is 41.5 Å². The zero-order valence-corrected chi connectivity index (χ0v) is 10.8. The fourth-order valence-electron chi connectivity index (χ4n) is 2.59. The molecule has 0 saturated heterocycles. The zero-order chi connectivity index (χ0) is 13.2. The number of nitrogens with zero attached hydrogens (tertiary/aromatic N) is 1. The predicted octanol–water partition coefficient (Wildman–Crippen LogP) is 2.38. The van der Waals surface area contributed by atoms with Crippen LogP contribution in [0.2, 0.25) is 0 Å². The maximum absolute atomic E-state index is 11.9. The second-order valence-electron chi connectivity index (χ2n) is 4.91. The van der Waals surface area contributed by atoms with Gasteiger partial charge < -0.3 is 4.74 Å². The highest BCUT2D eigenvalue weighted by Gasteiger charge is 2.37. The van der Waals surface area contributed by atoms with Gasteiger partial charge in [0.15, 0.2) is 0 Å². The van der Waals surface area contributed by atoms with Crippen molar-refractivity contribution in [2.45, 2.75) is 12.8 Å². The molecule has 1 aromatic carbocycles. The van der Waals surface area contributed by atoms with E-state index in [0.717, 1.165) is 24.3 Å². The molecule has 4 nitrogen and oxygen atoms in total. The normalized spacial score (nSPS) is 25.8. The second kappa shape index (κ2) is 4.88. The van der Waals surface area contributed by atoms with Gasteiger partial charge in [0.05, 0.1) is 7.11 Å². The van der Waals surface area contributed by atoms with Gasteiger partial charge in [-0.1, -0.05) is 12.2 Å². The molecule has 1 fully saturated rings. The van der Waals surface area contributed by atoms with Gasteiger partial charge in [0.1, 0.15) is 5.75 Å². The highest BCUT2D eigenvalue weighted by Crippen LogP contribution is 2.40. The summed E-state index contributed by atoms with van der Waals surface area (Å²) in [6.07, 6.45) is 6.48. The Kier molecular flexibility index (Phi) is 3.07. The molecule has 1 aromatic rings. The largest absolute Gasteiger partial charge is 0.497 e. The molecule has 4 heteroatoms. The van der Waals surface area contributed by atoms with E-state index in [0.29, 0.717) is 17.4 Å². The van der Waals surface area contributed by atoms with Crippen LogP contribution in [0, 0.1) is 11.8 Å². The Morgan fingerprint density at radius 2 is 2.16 bits per heavy atom. The highest BCUT2D eigenvalue weighted by atomic mass is 16.5. The molecular weight excluding hydrogens is 240 g/mol. The Bertz CT molecular complexity index is 546. The third-order valence-electron chi connectivity index (χ3n) is 3.82. The highest BCUT2D eigenvalue weighted by molar-refractivity contribution is 5.98. The molecule has 3 rings (SSSR count). The van der Waals surface area contributed by atoms with Crippen LogP contribution in [0.5, 0.6) is 5.75 Å². The maximum Gasteiger partial charge on any atom is 0.271 e. The number of carbonyl (C=O) groups excluding carboxylic acids is 1. The molecule has 1 saturated carbocycles. The van der Waals surface area contributed by atoms with Gasteiger partial charge in [-0.05, 0) is 43.0 Å². The van der Waals surface area contributed by atoms with Crippen molar-refractivity contribution >= 4 is 11.6 Å².